The topological polar surface area (TPSA) is 142 Å². The Hall–Kier alpha value is -3.12. The van der Waals surface area contributed by atoms with Crippen molar-refractivity contribution in [3.63, 3.8) is 0 Å². The van der Waals surface area contributed by atoms with Crippen molar-refractivity contribution < 1.29 is 29.0 Å². The van der Waals surface area contributed by atoms with Crippen molar-refractivity contribution >= 4 is 46.8 Å². The first-order chi connectivity index (χ1) is 17.7. The first kappa shape index (κ1) is 28.5. The monoisotopic (exact) mass is 553 g/mol. The lowest BCUT2D eigenvalue weighted by molar-refractivity contribution is -0.140. The van der Waals surface area contributed by atoms with Crippen LogP contribution in [0.15, 0.2) is 36.5 Å². The Balaban J connectivity index is 1.46. The van der Waals surface area contributed by atoms with Crippen LogP contribution in [0.25, 0.3) is 0 Å². The van der Waals surface area contributed by atoms with Gasteiger partial charge in [0.1, 0.15) is 5.02 Å². The molecule has 37 heavy (non-hydrogen) atoms. The maximum atomic E-state index is 12.6. The van der Waals surface area contributed by atoms with Gasteiger partial charge in [-0.1, -0.05) is 42.3 Å². The standard InChI is InChI=1S/C24H29Cl2N5O6/c1-2-20(37-23-19(26)9-16(25)11-28-23)22(34)27-10-15-4-3-5-17(8-15)30-24(35)29-12-18-13-31(6-7-36-18)14-21(32)33/h3-5,8-9,11,18,20H,2,6-7,10,12-14H2,1H3,(H,27,34)(H,32,33)(H2,29,30,35). The molecule has 0 radical (unpaired) electrons. The third-order valence-electron chi connectivity index (χ3n) is 5.41. The van der Waals surface area contributed by atoms with Crippen molar-refractivity contribution in [2.24, 2.45) is 0 Å². The Bertz CT molecular complexity index is 1110. The predicted molar refractivity (Wildman–Crippen MR) is 138 cm³/mol. The van der Waals surface area contributed by atoms with Gasteiger partial charge in [-0.15, -0.1) is 0 Å². The van der Waals surface area contributed by atoms with E-state index in [4.69, 9.17) is 37.8 Å². The van der Waals surface area contributed by atoms with Gasteiger partial charge in [-0.05, 0) is 30.2 Å². The molecule has 3 rings (SSSR count). The van der Waals surface area contributed by atoms with Gasteiger partial charge in [-0.2, -0.15) is 0 Å². The maximum Gasteiger partial charge on any atom is 0.319 e. The lowest BCUT2D eigenvalue weighted by Gasteiger charge is -2.31. The number of morpholine rings is 1. The number of rotatable bonds is 11. The van der Waals surface area contributed by atoms with Crippen molar-refractivity contribution in [2.75, 3.05) is 38.1 Å². The van der Waals surface area contributed by atoms with Crippen LogP contribution < -0.4 is 20.7 Å². The van der Waals surface area contributed by atoms with E-state index in [9.17, 15) is 14.4 Å². The van der Waals surface area contributed by atoms with Crippen molar-refractivity contribution in [2.45, 2.75) is 32.1 Å². The van der Waals surface area contributed by atoms with E-state index in [-0.39, 0.29) is 42.5 Å². The summed E-state index contributed by atoms with van der Waals surface area (Å²) in [6.45, 7) is 3.56. The fraction of sp³-hybridized carbons (Fsp3) is 0.417. The van der Waals surface area contributed by atoms with Gasteiger partial charge in [0.15, 0.2) is 6.10 Å². The third-order valence-corrected chi connectivity index (χ3v) is 5.89. The number of pyridine rings is 1. The number of ether oxygens (including phenoxy) is 2. The molecule has 0 saturated carbocycles. The zero-order valence-corrected chi connectivity index (χ0v) is 21.7. The van der Waals surface area contributed by atoms with Gasteiger partial charge in [-0.25, -0.2) is 9.78 Å². The summed E-state index contributed by atoms with van der Waals surface area (Å²) in [4.78, 5) is 41.7. The molecule has 11 nitrogen and oxygen atoms in total. The number of nitrogens with zero attached hydrogens (tertiary/aromatic N) is 2. The molecule has 2 aromatic rings. The second kappa shape index (κ2) is 14.0. The summed E-state index contributed by atoms with van der Waals surface area (Å²) in [7, 11) is 0. The number of aliphatic carboxylic acids is 1. The van der Waals surface area contributed by atoms with Crippen LogP contribution in [-0.4, -0.2) is 77.9 Å². The number of anilines is 1. The number of hydrogen-bond donors (Lipinski definition) is 4. The number of carboxylic acids is 1. The molecular formula is C24H29Cl2N5O6. The average molecular weight is 554 g/mol. The van der Waals surface area contributed by atoms with Gasteiger partial charge < -0.3 is 30.5 Å². The number of benzene rings is 1. The molecule has 13 heteroatoms. The van der Waals surface area contributed by atoms with E-state index in [1.54, 1.807) is 30.0 Å². The molecule has 2 unspecified atom stereocenters. The Labute approximate surface area is 224 Å². The van der Waals surface area contributed by atoms with Crippen LogP contribution in [0.5, 0.6) is 5.88 Å². The normalized spacial score (nSPS) is 16.5. The zero-order valence-electron chi connectivity index (χ0n) is 20.2. The van der Waals surface area contributed by atoms with Gasteiger partial charge in [0.25, 0.3) is 5.91 Å². The van der Waals surface area contributed by atoms with E-state index in [2.05, 4.69) is 20.9 Å². The van der Waals surface area contributed by atoms with E-state index < -0.39 is 18.1 Å². The molecule has 3 amide bonds. The Morgan fingerprint density at radius 3 is 2.81 bits per heavy atom. The number of halogens is 2. The molecule has 1 aromatic carbocycles. The van der Waals surface area contributed by atoms with Crippen molar-refractivity contribution in [3.8, 4) is 5.88 Å². The molecule has 1 aliphatic heterocycles. The molecule has 4 N–H and O–H groups in total. The van der Waals surface area contributed by atoms with Crippen LogP contribution in [0.1, 0.15) is 18.9 Å². The van der Waals surface area contributed by atoms with Crippen LogP contribution >= 0.6 is 23.2 Å². The lowest BCUT2D eigenvalue weighted by atomic mass is 10.2. The third kappa shape index (κ3) is 9.36. The molecule has 2 heterocycles. The van der Waals surface area contributed by atoms with Crippen LogP contribution in [0.4, 0.5) is 10.5 Å². The minimum atomic E-state index is -0.900. The summed E-state index contributed by atoms with van der Waals surface area (Å²) >= 11 is 11.9. The molecule has 1 fully saturated rings. The summed E-state index contributed by atoms with van der Waals surface area (Å²) in [5.41, 5.74) is 1.31. The minimum absolute atomic E-state index is 0.0632. The van der Waals surface area contributed by atoms with Gasteiger partial charge >= 0.3 is 12.0 Å². The second-order valence-corrected chi connectivity index (χ2v) is 9.17. The number of carbonyl (C=O) groups excluding carboxylic acids is 2. The lowest BCUT2D eigenvalue weighted by Crippen LogP contribution is -2.49. The number of carbonyl (C=O) groups is 3. The van der Waals surface area contributed by atoms with Crippen molar-refractivity contribution in [3.05, 3.63) is 52.1 Å². The smallest absolute Gasteiger partial charge is 0.319 e. The Morgan fingerprint density at radius 2 is 2.08 bits per heavy atom. The summed E-state index contributed by atoms with van der Waals surface area (Å²) < 4.78 is 11.3. The number of nitrogens with one attached hydrogen (secondary N) is 3. The molecule has 200 valence electrons. The summed E-state index contributed by atoms with van der Waals surface area (Å²) in [5.74, 6) is -1.11. The largest absolute Gasteiger partial charge is 0.480 e. The average Bonchev–Trinajstić information content (AvgIpc) is 2.86. The molecule has 1 aromatic heterocycles. The molecule has 0 bridgehead atoms. The second-order valence-electron chi connectivity index (χ2n) is 8.33. The predicted octanol–water partition coefficient (Wildman–Crippen LogP) is 2.77. The Kier molecular flexibility index (Phi) is 10.8. The van der Waals surface area contributed by atoms with E-state index in [0.29, 0.717) is 36.8 Å². The molecule has 1 aliphatic rings. The zero-order chi connectivity index (χ0) is 26.8. The van der Waals surface area contributed by atoms with Gasteiger partial charge in [0.2, 0.25) is 5.88 Å². The van der Waals surface area contributed by atoms with E-state index in [1.165, 1.54) is 12.3 Å². The molecule has 2 atom stereocenters. The molecular weight excluding hydrogens is 525 g/mol. The molecule has 1 saturated heterocycles. The molecule has 0 aliphatic carbocycles. The highest BCUT2D eigenvalue weighted by Crippen LogP contribution is 2.26. The van der Waals surface area contributed by atoms with Gasteiger partial charge in [0.05, 0.1) is 24.3 Å². The van der Waals surface area contributed by atoms with E-state index in [0.717, 1.165) is 5.56 Å². The van der Waals surface area contributed by atoms with Crippen LogP contribution in [-0.2, 0) is 20.9 Å². The maximum absolute atomic E-state index is 12.6. The van der Waals surface area contributed by atoms with Crippen molar-refractivity contribution in [1.82, 2.24) is 20.5 Å². The number of carboxylic acid groups (broad SMARTS) is 1. The van der Waals surface area contributed by atoms with E-state index >= 15 is 0 Å². The van der Waals surface area contributed by atoms with Crippen LogP contribution in [0.3, 0.4) is 0 Å². The van der Waals surface area contributed by atoms with Gasteiger partial charge in [0, 0.05) is 38.1 Å². The number of urea groups is 1. The fourth-order valence-corrected chi connectivity index (χ4v) is 4.05. The first-order valence-electron chi connectivity index (χ1n) is 11.7. The highest BCUT2D eigenvalue weighted by atomic mass is 35.5. The van der Waals surface area contributed by atoms with Crippen LogP contribution in [0.2, 0.25) is 10.0 Å². The molecule has 0 spiro atoms. The van der Waals surface area contributed by atoms with E-state index in [1.807, 2.05) is 6.07 Å². The highest BCUT2D eigenvalue weighted by molar-refractivity contribution is 6.35. The summed E-state index contributed by atoms with van der Waals surface area (Å²) in [5, 5.41) is 17.8. The number of aromatic nitrogens is 1. The van der Waals surface area contributed by atoms with Gasteiger partial charge in [-0.3, -0.25) is 14.5 Å². The summed E-state index contributed by atoms with van der Waals surface area (Å²) in [6, 6.07) is 8.10. The van der Waals surface area contributed by atoms with Crippen LogP contribution in [0, 0.1) is 0 Å². The highest BCUT2D eigenvalue weighted by Gasteiger charge is 2.23. The number of amides is 3. The fourth-order valence-electron chi connectivity index (χ4n) is 3.63. The summed E-state index contributed by atoms with van der Waals surface area (Å²) in [6.07, 6.45) is 0.685. The quantitative estimate of drug-likeness (QED) is 0.332. The first-order valence-corrected chi connectivity index (χ1v) is 12.4. The van der Waals surface area contributed by atoms with Crippen molar-refractivity contribution in [1.29, 1.82) is 0 Å². The Morgan fingerprint density at radius 1 is 1.27 bits per heavy atom. The SMILES string of the molecule is CCC(Oc1ncc(Cl)cc1Cl)C(=O)NCc1cccc(NC(=O)NCC2CN(CC(=O)O)CCO2)c1. The minimum Gasteiger partial charge on any atom is -0.480 e. The number of hydrogen-bond acceptors (Lipinski definition) is 7.